The van der Waals surface area contributed by atoms with Gasteiger partial charge in [-0.25, -0.2) is 0 Å². The average molecular weight is 368 g/mol. The highest BCUT2D eigenvalue weighted by molar-refractivity contribution is 5.65. The van der Waals surface area contributed by atoms with E-state index >= 15 is 0 Å². The van der Waals surface area contributed by atoms with E-state index in [0.29, 0.717) is 23.5 Å². The molecule has 3 N–H and O–H groups in total. The van der Waals surface area contributed by atoms with Crippen molar-refractivity contribution < 1.29 is 20.1 Å². The van der Waals surface area contributed by atoms with Gasteiger partial charge in [0.05, 0.1) is 18.8 Å². The maximum atomic E-state index is 9.73. The van der Waals surface area contributed by atoms with E-state index in [2.05, 4.69) is 6.07 Å². The van der Waals surface area contributed by atoms with Gasteiger partial charge in [-0.2, -0.15) is 0 Å². The molecule has 0 heterocycles. The predicted octanol–water partition coefficient (Wildman–Crippen LogP) is 3.98. The predicted molar refractivity (Wildman–Crippen MR) is 108 cm³/mol. The van der Waals surface area contributed by atoms with Crippen LogP contribution in [-0.2, 0) is 19.8 Å². The van der Waals surface area contributed by atoms with Crippen LogP contribution in [0, 0.1) is 0 Å². The molecule has 144 valence electrons. The van der Waals surface area contributed by atoms with Crippen LogP contribution in [0.25, 0.3) is 5.57 Å². The number of aliphatic hydroxyl groups excluding tert-OH is 2. The summed E-state index contributed by atoms with van der Waals surface area (Å²) in [5.41, 5.74) is 3.75. The molecule has 0 saturated heterocycles. The molecular formula is C23H28O4. The minimum atomic E-state index is -0.828. The molecule has 0 amide bonds. The van der Waals surface area contributed by atoms with Crippen molar-refractivity contribution in [2.45, 2.75) is 46.2 Å². The SMILES string of the molecule is C/C(=C\C=C\C(C)(C)O)c1cccc(COc2ccc(CO)c(CO)c2)c1. The van der Waals surface area contributed by atoms with E-state index in [0.717, 1.165) is 16.7 Å². The number of aliphatic hydroxyl groups is 3. The van der Waals surface area contributed by atoms with Crippen LogP contribution in [0.1, 0.15) is 43.0 Å². The Bertz CT molecular complexity index is 813. The smallest absolute Gasteiger partial charge is 0.120 e. The molecule has 0 fully saturated rings. The number of allylic oxidation sites excluding steroid dienone is 3. The lowest BCUT2D eigenvalue weighted by Crippen LogP contribution is -2.13. The van der Waals surface area contributed by atoms with Crippen molar-refractivity contribution in [2.24, 2.45) is 0 Å². The van der Waals surface area contributed by atoms with Gasteiger partial charge in [0.2, 0.25) is 0 Å². The van der Waals surface area contributed by atoms with Gasteiger partial charge in [0.15, 0.2) is 0 Å². The molecule has 0 aliphatic carbocycles. The van der Waals surface area contributed by atoms with Crippen LogP contribution in [0.4, 0.5) is 0 Å². The second kappa shape index (κ2) is 9.51. The summed E-state index contributed by atoms with van der Waals surface area (Å²) >= 11 is 0. The number of ether oxygens (including phenoxy) is 1. The van der Waals surface area contributed by atoms with Crippen molar-refractivity contribution >= 4 is 5.57 Å². The molecule has 0 atom stereocenters. The fourth-order valence-corrected chi connectivity index (χ4v) is 2.59. The molecule has 27 heavy (non-hydrogen) atoms. The van der Waals surface area contributed by atoms with Crippen molar-refractivity contribution in [1.29, 1.82) is 0 Å². The van der Waals surface area contributed by atoms with Gasteiger partial charge < -0.3 is 20.1 Å². The molecule has 0 spiro atoms. The van der Waals surface area contributed by atoms with Crippen LogP contribution >= 0.6 is 0 Å². The van der Waals surface area contributed by atoms with Crippen LogP contribution in [0.3, 0.4) is 0 Å². The van der Waals surface area contributed by atoms with Crippen LogP contribution in [0.15, 0.2) is 60.7 Å². The Labute approximate surface area is 161 Å². The molecule has 0 aromatic heterocycles. The third-order valence-electron chi connectivity index (χ3n) is 4.16. The Hall–Kier alpha value is -2.40. The fraction of sp³-hybridized carbons (Fsp3) is 0.304. The van der Waals surface area contributed by atoms with E-state index in [9.17, 15) is 15.3 Å². The maximum Gasteiger partial charge on any atom is 0.120 e. The number of hydrogen-bond donors (Lipinski definition) is 3. The second-order valence-electron chi connectivity index (χ2n) is 7.10. The average Bonchev–Trinajstić information content (AvgIpc) is 2.65. The second-order valence-corrected chi connectivity index (χ2v) is 7.10. The molecule has 2 rings (SSSR count). The lowest BCUT2D eigenvalue weighted by atomic mass is 10.0. The molecule has 2 aromatic carbocycles. The number of rotatable bonds is 8. The van der Waals surface area contributed by atoms with Gasteiger partial charge in [0.25, 0.3) is 0 Å². The number of hydrogen-bond acceptors (Lipinski definition) is 4. The summed E-state index contributed by atoms with van der Waals surface area (Å²) in [5.74, 6) is 0.655. The Morgan fingerprint density at radius 1 is 1.04 bits per heavy atom. The van der Waals surface area contributed by atoms with E-state index in [1.54, 1.807) is 38.1 Å². The molecule has 0 saturated carbocycles. The van der Waals surface area contributed by atoms with Gasteiger partial charge in [0, 0.05) is 0 Å². The van der Waals surface area contributed by atoms with Crippen molar-refractivity contribution in [3.05, 3.63) is 82.9 Å². The molecule has 0 aliphatic heterocycles. The van der Waals surface area contributed by atoms with Crippen molar-refractivity contribution in [3.63, 3.8) is 0 Å². The number of benzene rings is 2. The lowest BCUT2D eigenvalue weighted by molar-refractivity contribution is 0.133. The minimum Gasteiger partial charge on any atom is -0.489 e. The standard InChI is InChI=1S/C23H28O4/c1-17(6-5-11-23(2,3)26)19-8-4-7-18(12-19)16-27-22-10-9-20(14-24)21(13-22)15-25/h4-13,24-26H,14-16H2,1-3H3/b11-5+,17-6+. The highest BCUT2D eigenvalue weighted by Crippen LogP contribution is 2.21. The van der Waals surface area contributed by atoms with Crippen molar-refractivity contribution in [2.75, 3.05) is 0 Å². The van der Waals surface area contributed by atoms with Gasteiger partial charge in [-0.15, -0.1) is 0 Å². The minimum absolute atomic E-state index is 0.105. The van der Waals surface area contributed by atoms with Crippen LogP contribution in [-0.4, -0.2) is 20.9 Å². The van der Waals surface area contributed by atoms with Crippen molar-refractivity contribution in [3.8, 4) is 5.75 Å². The zero-order chi connectivity index (χ0) is 19.9. The Morgan fingerprint density at radius 3 is 2.44 bits per heavy atom. The Balaban J connectivity index is 2.07. The van der Waals surface area contributed by atoms with E-state index < -0.39 is 5.60 Å². The largest absolute Gasteiger partial charge is 0.489 e. The monoisotopic (exact) mass is 368 g/mol. The summed E-state index contributed by atoms with van der Waals surface area (Å²) in [5, 5.41) is 28.4. The van der Waals surface area contributed by atoms with E-state index in [-0.39, 0.29) is 13.2 Å². The first kappa shape index (κ1) is 20.9. The topological polar surface area (TPSA) is 69.9 Å². The maximum absolute atomic E-state index is 9.73. The summed E-state index contributed by atoms with van der Waals surface area (Å²) in [6.07, 6.45) is 5.58. The zero-order valence-corrected chi connectivity index (χ0v) is 16.1. The molecule has 0 bridgehead atoms. The van der Waals surface area contributed by atoms with Gasteiger partial charge in [-0.1, -0.05) is 42.5 Å². The quantitative estimate of drug-likeness (QED) is 0.617. The summed E-state index contributed by atoms with van der Waals surface area (Å²) < 4.78 is 5.84. The summed E-state index contributed by atoms with van der Waals surface area (Å²) in [4.78, 5) is 0. The summed E-state index contributed by atoms with van der Waals surface area (Å²) in [6, 6.07) is 13.4. The molecule has 2 aromatic rings. The van der Waals surface area contributed by atoms with Crippen molar-refractivity contribution in [1.82, 2.24) is 0 Å². The van der Waals surface area contributed by atoms with E-state index in [1.165, 1.54) is 0 Å². The normalized spacial score (nSPS) is 12.6. The van der Waals surface area contributed by atoms with Crippen LogP contribution < -0.4 is 4.74 Å². The lowest BCUT2D eigenvalue weighted by Gasteiger charge is -2.11. The first-order valence-electron chi connectivity index (χ1n) is 8.96. The molecule has 0 aliphatic rings. The first-order valence-corrected chi connectivity index (χ1v) is 8.96. The highest BCUT2D eigenvalue weighted by Gasteiger charge is 2.06. The van der Waals surface area contributed by atoms with E-state index in [1.807, 2.05) is 37.3 Å². The van der Waals surface area contributed by atoms with Crippen LogP contribution in [0.2, 0.25) is 0 Å². The Kier molecular flexibility index (Phi) is 7.36. The summed E-state index contributed by atoms with van der Waals surface area (Å²) in [6.45, 7) is 5.66. The third kappa shape index (κ3) is 6.68. The molecule has 4 nitrogen and oxygen atoms in total. The van der Waals surface area contributed by atoms with Gasteiger partial charge in [-0.3, -0.25) is 0 Å². The molecule has 0 radical (unpaired) electrons. The first-order chi connectivity index (χ1) is 12.8. The fourth-order valence-electron chi connectivity index (χ4n) is 2.59. The zero-order valence-electron chi connectivity index (χ0n) is 16.1. The molecular weight excluding hydrogens is 340 g/mol. The summed E-state index contributed by atoms with van der Waals surface area (Å²) in [7, 11) is 0. The highest BCUT2D eigenvalue weighted by atomic mass is 16.5. The molecule has 4 heteroatoms. The molecule has 0 unspecified atom stereocenters. The van der Waals surface area contributed by atoms with E-state index in [4.69, 9.17) is 4.74 Å². The van der Waals surface area contributed by atoms with Crippen LogP contribution in [0.5, 0.6) is 5.75 Å². The van der Waals surface area contributed by atoms with Gasteiger partial charge in [0.1, 0.15) is 12.4 Å². The van der Waals surface area contributed by atoms with Gasteiger partial charge >= 0.3 is 0 Å². The third-order valence-corrected chi connectivity index (χ3v) is 4.16. The Morgan fingerprint density at radius 2 is 1.78 bits per heavy atom. The van der Waals surface area contributed by atoms with Gasteiger partial charge in [-0.05, 0) is 66.8 Å².